The van der Waals surface area contributed by atoms with Gasteiger partial charge in [0.25, 0.3) is 0 Å². The van der Waals surface area contributed by atoms with Crippen molar-refractivity contribution in [2.75, 3.05) is 13.2 Å². The lowest BCUT2D eigenvalue weighted by molar-refractivity contribution is 0.113. The molecule has 0 radical (unpaired) electrons. The molecule has 2 nitrogen and oxygen atoms in total. The molecule has 14 heavy (non-hydrogen) atoms. The molecule has 0 bridgehead atoms. The van der Waals surface area contributed by atoms with Crippen molar-refractivity contribution in [3.63, 3.8) is 0 Å². The molecule has 1 N–H and O–H groups in total. The van der Waals surface area contributed by atoms with Gasteiger partial charge in [0.1, 0.15) is 0 Å². The van der Waals surface area contributed by atoms with E-state index in [0.29, 0.717) is 12.1 Å². The van der Waals surface area contributed by atoms with Gasteiger partial charge in [-0.25, -0.2) is 0 Å². The lowest BCUT2D eigenvalue weighted by Gasteiger charge is -2.15. The van der Waals surface area contributed by atoms with Crippen LogP contribution in [-0.2, 0) is 11.2 Å². The van der Waals surface area contributed by atoms with Gasteiger partial charge in [0.15, 0.2) is 0 Å². The Morgan fingerprint density at radius 3 is 3.21 bits per heavy atom. The van der Waals surface area contributed by atoms with Crippen LogP contribution in [0.25, 0.3) is 0 Å². The number of ether oxygens (including phenoxy) is 1. The Balaban J connectivity index is 1.68. The van der Waals surface area contributed by atoms with E-state index in [9.17, 15) is 0 Å². The van der Waals surface area contributed by atoms with E-state index in [1.165, 1.54) is 4.88 Å². The lowest BCUT2D eigenvalue weighted by Crippen LogP contribution is -2.35. The third-order valence-corrected chi connectivity index (χ3v) is 3.67. The molecule has 2 atom stereocenters. The zero-order chi connectivity index (χ0) is 9.80. The quantitative estimate of drug-likeness (QED) is 0.823. The van der Waals surface area contributed by atoms with E-state index in [0.717, 1.165) is 26.0 Å². The van der Waals surface area contributed by atoms with Crippen molar-refractivity contribution in [3.05, 3.63) is 22.4 Å². The molecular formula is C11H17NOS. The van der Waals surface area contributed by atoms with Crippen molar-refractivity contribution >= 4 is 11.3 Å². The third-order valence-electron chi connectivity index (χ3n) is 2.73. The maximum atomic E-state index is 5.49. The summed E-state index contributed by atoms with van der Waals surface area (Å²) in [6, 6.07) is 4.87. The molecule has 0 aromatic carbocycles. The van der Waals surface area contributed by atoms with Gasteiger partial charge in [-0.1, -0.05) is 6.07 Å². The van der Waals surface area contributed by atoms with Gasteiger partial charge in [0.2, 0.25) is 0 Å². The molecule has 1 aliphatic heterocycles. The Labute approximate surface area is 89.3 Å². The third kappa shape index (κ3) is 2.56. The van der Waals surface area contributed by atoms with Crippen LogP contribution in [0.4, 0.5) is 0 Å². The smallest absolute Gasteiger partial charge is 0.0700 e. The molecule has 1 aromatic heterocycles. The molecule has 0 spiro atoms. The van der Waals surface area contributed by atoms with E-state index in [-0.39, 0.29) is 0 Å². The molecule has 0 aliphatic carbocycles. The van der Waals surface area contributed by atoms with E-state index in [4.69, 9.17) is 4.74 Å². The van der Waals surface area contributed by atoms with Gasteiger partial charge < -0.3 is 10.1 Å². The Hall–Kier alpha value is -0.380. The summed E-state index contributed by atoms with van der Waals surface area (Å²) >= 11 is 1.83. The second-order valence-electron chi connectivity index (χ2n) is 3.75. The summed E-state index contributed by atoms with van der Waals surface area (Å²) < 4.78 is 5.49. The SMILES string of the molecule is C[C@H]1OCC[C@@H]1NCCc1cccs1. The highest BCUT2D eigenvalue weighted by molar-refractivity contribution is 7.09. The molecule has 78 valence electrons. The van der Waals surface area contributed by atoms with Crippen LogP contribution < -0.4 is 5.32 Å². The summed E-state index contributed by atoms with van der Waals surface area (Å²) in [5.74, 6) is 0. The Morgan fingerprint density at radius 2 is 2.57 bits per heavy atom. The highest BCUT2D eigenvalue weighted by Gasteiger charge is 2.22. The lowest BCUT2D eigenvalue weighted by atomic mass is 10.1. The maximum absolute atomic E-state index is 5.49. The van der Waals surface area contributed by atoms with Crippen molar-refractivity contribution < 1.29 is 4.74 Å². The van der Waals surface area contributed by atoms with Crippen LogP contribution in [0, 0.1) is 0 Å². The Morgan fingerprint density at radius 1 is 1.64 bits per heavy atom. The van der Waals surface area contributed by atoms with Crippen molar-refractivity contribution in [2.45, 2.75) is 31.9 Å². The summed E-state index contributed by atoms with van der Waals surface area (Å²) in [7, 11) is 0. The molecule has 2 heterocycles. The summed E-state index contributed by atoms with van der Waals surface area (Å²) in [5.41, 5.74) is 0. The molecule has 1 aliphatic rings. The minimum absolute atomic E-state index is 0.387. The summed E-state index contributed by atoms with van der Waals surface area (Å²) in [6.07, 6.45) is 2.69. The van der Waals surface area contributed by atoms with Crippen LogP contribution in [0.2, 0.25) is 0 Å². The number of hydrogen-bond acceptors (Lipinski definition) is 3. The molecule has 0 saturated carbocycles. The topological polar surface area (TPSA) is 21.3 Å². The first kappa shape index (κ1) is 10.1. The normalized spacial score (nSPS) is 26.9. The molecule has 1 saturated heterocycles. The Bertz CT molecular complexity index is 260. The summed E-state index contributed by atoms with van der Waals surface area (Å²) in [5, 5.41) is 5.69. The average molecular weight is 211 g/mol. The number of thiophene rings is 1. The van der Waals surface area contributed by atoms with Crippen LogP contribution in [0.5, 0.6) is 0 Å². The first-order valence-corrected chi connectivity index (χ1v) is 6.11. The second kappa shape index (κ2) is 4.91. The largest absolute Gasteiger partial charge is 0.377 e. The van der Waals surface area contributed by atoms with Crippen molar-refractivity contribution in [3.8, 4) is 0 Å². The van der Waals surface area contributed by atoms with Gasteiger partial charge >= 0.3 is 0 Å². The van der Waals surface area contributed by atoms with E-state index >= 15 is 0 Å². The predicted molar refractivity (Wildman–Crippen MR) is 59.8 cm³/mol. The molecule has 1 fully saturated rings. The van der Waals surface area contributed by atoms with Gasteiger partial charge in [-0.2, -0.15) is 0 Å². The van der Waals surface area contributed by atoms with Gasteiger partial charge in [-0.15, -0.1) is 11.3 Å². The molecule has 0 amide bonds. The summed E-state index contributed by atoms with van der Waals surface area (Å²) in [4.78, 5) is 1.46. The fourth-order valence-electron chi connectivity index (χ4n) is 1.84. The molecule has 3 heteroatoms. The fourth-order valence-corrected chi connectivity index (χ4v) is 2.54. The van der Waals surface area contributed by atoms with Gasteiger partial charge in [0.05, 0.1) is 6.10 Å². The van der Waals surface area contributed by atoms with Gasteiger partial charge in [0, 0.05) is 24.1 Å². The van der Waals surface area contributed by atoms with E-state index in [2.05, 4.69) is 29.8 Å². The zero-order valence-corrected chi connectivity index (χ0v) is 9.35. The molecule has 0 unspecified atom stereocenters. The second-order valence-corrected chi connectivity index (χ2v) is 4.79. The van der Waals surface area contributed by atoms with Crippen LogP contribution in [0.1, 0.15) is 18.2 Å². The number of nitrogens with one attached hydrogen (secondary N) is 1. The molecule has 2 rings (SSSR count). The highest BCUT2D eigenvalue weighted by atomic mass is 32.1. The zero-order valence-electron chi connectivity index (χ0n) is 8.53. The van der Waals surface area contributed by atoms with E-state index in [1.807, 2.05) is 11.3 Å². The number of rotatable bonds is 4. The van der Waals surface area contributed by atoms with E-state index < -0.39 is 0 Å². The minimum atomic E-state index is 0.387. The van der Waals surface area contributed by atoms with Crippen LogP contribution in [0.3, 0.4) is 0 Å². The van der Waals surface area contributed by atoms with Crippen molar-refractivity contribution in [1.82, 2.24) is 5.32 Å². The predicted octanol–water partition coefficient (Wildman–Crippen LogP) is 2.06. The van der Waals surface area contributed by atoms with Gasteiger partial charge in [-0.05, 0) is 31.2 Å². The highest BCUT2D eigenvalue weighted by Crippen LogP contribution is 2.13. The standard InChI is InChI=1S/C11H17NOS/c1-9-11(5-7-13-9)12-6-4-10-3-2-8-14-10/h2-3,8-9,11-12H,4-7H2,1H3/t9-,11+/m1/s1. The van der Waals surface area contributed by atoms with E-state index in [1.54, 1.807) is 0 Å². The van der Waals surface area contributed by atoms with Crippen molar-refractivity contribution in [2.24, 2.45) is 0 Å². The van der Waals surface area contributed by atoms with Crippen molar-refractivity contribution in [1.29, 1.82) is 0 Å². The first-order valence-electron chi connectivity index (χ1n) is 5.23. The molecule has 1 aromatic rings. The van der Waals surface area contributed by atoms with Crippen LogP contribution in [0.15, 0.2) is 17.5 Å². The Kier molecular flexibility index (Phi) is 3.56. The minimum Gasteiger partial charge on any atom is -0.377 e. The fraction of sp³-hybridized carbons (Fsp3) is 0.636. The maximum Gasteiger partial charge on any atom is 0.0700 e. The monoisotopic (exact) mass is 211 g/mol. The molecular weight excluding hydrogens is 194 g/mol. The number of hydrogen-bond donors (Lipinski definition) is 1. The van der Waals surface area contributed by atoms with Crippen LogP contribution >= 0.6 is 11.3 Å². The van der Waals surface area contributed by atoms with Crippen LogP contribution in [-0.4, -0.2) is 25.3 Å². The average Bonchev–Trinajstić information content (AvgIpc) is 2.78. The summed E-state index contributed by atoms with van der Waals surface area (Å²) in [6.45, 7) is 4.13. The first-order chi connectivity index (χ1) is 6.86. The van der Waals surface area contributed by atoms with Gasteiger partial charge in [-0.3, -0.25) is 0 Å².